The zero-order chi connectivity index (χ0) is 24.0. The molecule has 172 valence electrons. The number of hydrogen-bond donors (Lipinski definition) is 4. The molecule has 0 bridgehead atoms. The highest BCUT2D eigenvalue weighted by Crippen LogP contribution is 2.32. The topological polar surface area (TPSA) is 163 Å². The molecule has 4 N–H and O–H groups in total. The molecule has 11 nitrogen and oxygen atoms in total. The molecule has 33 heavy (non-hydrogen) atoms. The Kier molecular flexibility index (Phi) is 7.79. The molecule has 2 aromatic heterocycles. The Morgan fingerprint density at radius 1 is 1.18 bits per heavy atom. The summed E-state index contributed by atoms with van der Waals surface area (Å²) < 4.78 is 5.09. The number of anilines is 2. The molecule has 0 spiro atoms. The van der Waals surface area contributed by atoms with Crippen molar-refractivity contribution in [3.8, 4) is 17.1 Å². The van der Waals surface area contributed by atoms with Crippen LogP contribution in [0.25, 0.3) is 11.3 Å². The number of amides is 2. The molecule has 13 heteroatoms. The van der Waals surface area contributed by atoms with Gasteiger partial charge in [-0.1, -0.05) is 53.4 Å². The Morgan fingerprint density at radius 3 is 2.55 bits per heavy atom. The zero-order valence-electron chi connectivity index (χ0n) is 17.5. The summed E-state index contributed by atoms with van der Waals surface area (Å²) in [5.74, 6) is -2.39. The summed E-state index contributed by atoms with van der Waals surface area (Å²) in [6.07, 6.45) is 0. The fourth-order valence-corrected chi connectivity index (χ4v) is 4.14. The maximum absolute atomic E-state index is 12.4. The highest BCUT2D eigenvalue weighted by atomic mass is 32.2. The van der Waals surface area contributed by atoms with Gasteiger partial charge in [-0.15, -0.1) is 0 Å². The number of H-pyrrole nitrogens is 1. The highest BCUT2D eigenvalue weighted by molar-refractivity contribution is 7.99. The minimum Gasteiger partial charge on any atom is -0.492 e. The van der Waals surface area contributed by atoms with E-state index in [4.69, 9.17) is 4.74 Å². The average molecular weight is 490 g/mol. The van der Waals surface area contributed by atoms with E-state index < -0.39 is 29.2 Å². The van der Waals surface area contributed by atoms with Gasteiger partial charge in [-0.2, -0.15) is 4.98 Å². The second-order valence-corrected chi connectivity index (χ2v) is 8.33. The Labute approximate surface area is 195 Å². The molecule has 1 aromatic carbocycles. The molecule has 0 aliphatic rings. The summed E-state index contributed by atoms with van der Waals surface area (Å²) in [7, 11) is 0. The first kappa shape index (κ1) is 23.9. The number of nitrogens with zero attached hydrogens (tertiary/aromatic N) is 2. The quantitative estimate of drug-likeness (QED) is 0.211. The van der Waals surface area contributed by atoms with Crippen LogP contribution in [0, 0.1) is 0 Å². The van der Waals surface area contributed by atoms with Crippen molar-refractivity contribution in [3.05, 3.63) is 45.6 Å². The number of thiazole rings is 1. The third kappa shape index (κ3) is 6.17. The minimum absolute atomic E-state index is 0.0157. The van der Waals surface area contributed by atoms with Crippen molar-refractivity contribution in [2.75, 3.05) is 23.0 Å². The zero-order valence-corrected chi connectivity index (χ0v) is 19.1. The number of thioether (sulfide) groups is 1. The van der Waals surface area contributed by atoms with Crippen molar-refractivity contribution in [1.29, 1.82) is 0 Å². The average Bonchev–Trinajstić information content (AvgIpc) is 3.19. The van der Waals surface area contributed by atoms with Crippen molar-refractivity contribution in [2.45, 2.75) is 19.0 Å². The number of aromatic nitrogens is 3. The third-order valence-corrected chi connectivity index (χ3v) is 5.73. The van der Waals surface area contributed by atoms with E-state index in [1.165, 1.54) is 6.92 Å². The SMILES string of the molecule is CCOC(=O)c1sc(NC(=O)CSc2nc(O)c(NC(C)=O)c(=O)[nH]2)nc1-c1ccccc1. The number of benzene rings is 1. The van der Waals surface area contributed by atoms with Gasteiger partial charge in [0.05, 0.1) is 18.1 Å². The Balaban J connectivity index is 1.72. The molecular weight excluding hydrogens is 470 g/mol. The molecule has 0 fully saturated rings. The smallest absolute Gasteiger partial charge is 0.350 e. The molecule has 0 saturated carbocycles. The predicted molar refractivity (Wildman–Crippen MR) is 124 cm³/mol. The van der Waals surface area contributed by atoms with Gasteiger partial charge in [-0.25, -0.2) is 9.78 Å². The predicted octanol–water partition coefficient (Wildman–Crippen LogP) is 2.46. The third-order valence-electron chi connectivity index (χ3n) is 3.90. The van der Waals surface area contributed by atoms with E-state index in [0.717, 1.165) is 23.1 Å². The molecule has 0 aliphatic carbocycles. The first-order valence-corrected chi connectivity index (χ1v) is 11.4. The monoisotopic (exact) mass is 489 g/mol. The van der Waals surface area contributed by atoms with Crippen LogP contribution in [-0.4, -0.2) is 50.2 Å². The summed E-state index contributed by atoms with van der Waals surface area (Å²) in [4.78, 5) is 58.6. The van der Waals surface area contributed by atoms with Crippen LogP contribution in [0.3, 0.4) is 0 Å². The number of aromatic amines is 1. The van der Waals surface area contributed by atoms with Crippen molar-refractivity contribution in [3.63, 3.8) is 0 Å². The fourth-order valence-electron chi connectivity index (χ4n) is 2.59. The maximum Gasteiger partial charge on any atom is 0.350 e. The molecule has 2 heterocycles. The normalized spacial score (nSPS) is 10.5. The molecular formula is C20H19N5O6S2. The Hall–Kier alpha value is -3.71. The van der Waals surface area contributed by atoms with Crippen molar-refractivity contribution in [1.82, 2.24) is 15.0 Å². The molecule has 0 atom stereocenters. The van der Waals surface area contributed by atoms with Crippen LogP contribution in [0.15, 0.2) is 40.3 Å². The first-order chi connectivity index (χ1) is 15.8. The maximum atomic E-state index is 12.4. The van der Waals surface area contributed by atoms with Crippen LogP contribution < -0.4 is 16.2 Å². The van der Waals surface area contributed by atoms with Crippen LogP contribution in [0.4, 0.5) is 10.8 Å². The van der Waals surface area contributed by atoms with Gasteiger partial charge in [0.25, 0.3) is 5.56 Å². The van der Waals surface area contributed by atoms with E-state index in [1.807, 2.05) is 6.07 Å². The fraction of sp³-hybridized carbons (Fsp3) is 0.200. The van der Waals surface area contributed by atoms with E-state index in [1.54, 1.807) is 31.2 Å². The van der Waals surface area contributed by atoms with Crippen molar-refractivity contribution >= 4 is 51.7 Å². The number of aromatic hydroxyl groups is 1. The summed E-state index contributed by atoms with van der Waals surface area (Å²) in [6.45, 7) is 3.07. The molecule has 3 aromatic rings. The van der Waals surface area contributed by atoms with E-state index in [9.17, 15) is 24.3 Å². The summed E-state index contributed by atoms with van der Waals surface area (Å²) in [6, 6.07) is 9.02. The summed E-state index contributed by atoms with van der Waals surface area (Å²) in [5.41, 5.74) is -0.0409. The number of carbonyl (C=O) groups excluding carboxylic acids is 3. The van der Waals surface area contributed by atoms with E-state index in [-0.39, 0.29) is 33.2 Å². The molecule has 0 aliphatic heterocycles. The van der Waals surface area contributed by atoms with Crippen molar-refractivity contribution < 1.29 is 24.2 Å². The minimum atomic E-state index is -0.757. The van der Waals surface area contributed by atoms with E-state index >= 15 is 0 Å². The second-order valence-electron chi connectivity index (χ2n) is 6.37. The van der Waals surface area contributed by atoms with Gasteiger partial charge in [-0.05, 0) is 6.92 Å². The lowest BCUT2D eigenvalue weighted by Gasteiger charge is -2.05. The molecule has 3 rings (SSSR count). The van der Waals surface area contributed by atoms with Crippen LogP contribution in [0.2, 0.25) is 0 Å². The van der Waals surface area contributed by atoms with Gasteiger partial charge >= 0.3 is 5.97 Å². The van der Waals surface area contributed by atoms with E-state index in [0.29, 0.717) is 11.3 Å². The van der Waals surface area contributed by atoms with Gasteiger partial charge in [-0.3, -0.25) is 19.4 Å². The van der Waals surface area contributed by atoms with Gasteiger partial charge in [0.2, 0.25) is 17.7 Å². The van der Waals surface area contributed by atoms with Crippen LogP contribution >= 0.6 is 23.1 Å². The van der Waals surface area contributed by atoms with Crippen LogP contribution in [0.5, 0.6) is 5.88 Å². The Bertz CT molecular complexity index is 1240. The Morgan fingerprint density at radius 2 is 1.91 bits per heavy atom. The number of esters is 1. The molecule has 0 saturated heterocycles. The van der Waals surface area contributed by atoms with Crippen LogP contribution in [0.1, 0.15) is 23.5 Å². The lowest BCUT2D eigenvalue weighted by Crippen LogP contribution is -2.19. The van der Waals surface area contributed by atoms with Gasteiger partial charge in [0, 0.05) is 12.5 Å². The summed E-state index contributed by atoms with van der Waals surface area (Å²) in [5, 5.41) is 14.8. The van der Waals surface area contributed by atoms with Gasteiger partial charge in [0.1, 0.15) is 4.88 Å². The van der Waals surface area contributed by atoms with Crippen molar-refractivity contribution in [2.24, 2.45) is 0 Å². The summed E-state index contributed by atoms with van der Waals surface area (Å²) >= 11 is 1.84. The number of hydrogen-bond acceptors (Lipinski definition) is 10. The molecule has 0 unspecified atom stereocenters. The van der Waals surface area contributed by atoms with E-state index in [2.05, 4.69) is 25.6 Å². The number of ether oxygens (including phenoxy) is 1. The standard InChI is InChI=1S/C20H19N5O6S2/c1-3-31-18(30)15-13(11-7-5-4-6-8-11)23-20(33-15)22-12(27)9-32-19-24-16(28)14(17(29)25-19)21-10(2)26/h4-8H,3,9H2,1-2H3,(H,21,26)(H,22,23,27)(H2,24,25,28,29). The lowest BCUT2D eigenvalue weighted by molar-refractivity contribution is -0.114. The first-order valence-electron chi connectivity index (χ1n) is 9.55. The second kappa shape index (κ2) is 10.7. The lowest BCUT2D eigenvalue weighted by atomic mass is 10.1. The van der Waals surface area contributed by atoms with Crippen LogP contribution in [-0.2, 0) is 14.3 Å². The number of rotatable bonds is 8. The van der Waals surface area contributed by atoms with Gasteiger partial charge in [0.15, 0.2) is 16.0 Å². The number of carbonyl (C=O) groups is 3. The van der Waals surface area contributed by atoms with Gasteiger partial charge < -0.3 is 20.5 Å². The highest BCUT2D eigenvalue weighted by Gasteiger charge is 2.22. The molecule has 0 radical (unpaired) electrons. The molecule has 2 amide bonds. The number of nitrogens with one attached hydrogen (secondary N) is 3. The largest absolute Gasteiger partial charge is 0.492 e.